The van der Waals surface area contributed by atoms with E-state index in [0.29, 0.717) is 24.4 Å². The van der Waals surface area contributed by atoms with Gasteiger partial charge in [-0.1, -0.05) is 0 Å². The molecule has 0 unspecified atom stereocenters. The van der Waals surface area contributed by atoms with Crippen molar-refractivity contribution in [3.8, 4) is 5.75 Å². The third kappa shape index (κ3) is 3.93. The molecular formula is C11H14N2O5. The number of ether oxygens (including phenoxy) is 1. The Labute approximate surface area is 104 Å². The zero-order valence-corrected chi connectivity index (χ0v) is 9.88. The first-order valence-electron chi connectivity index (χ1n) is 5.32. The van der Waals surface area contributed by atoms with Crippen molar-refractivity contribution in [2.45, 2.75) is 12.8 Å². The van der Waals surface area contributed by atoms with Crippen LogP contribution in [0.1, 0.15) is 12.8 Å². The van der Waals surface area contributed by atoms with Gasteiger partial charge < -0.3 is 15.2 Å². The van der Waals surface area contributed by atoms with E-state index < -0.39 is 10.9 Å². The van der Waals surface area contributed by atoms with Gasteiger partial charge in [0.05, 0.1) is 18.1 Å². The molecular weight excluding hydrogens is 240 g/mol. The van der Waals surface area contributed by atoms with Crippen molar-refractivity contribution in [3.05, 3.63) is 28.3 Å². The number of hydrogen-bond donors (Lipinski definition) is 2. The molecule has 1 aromatic rings. The quantitative estimate of drug-likeness (QED) is 0.437. The van der Waals surface area contributed by atoms with Gasteiger partial charge in [0, 0.05) is 13.0 Å². The van der Waals surface area contributed by atoms with Crippen LogP contribution in [0.2, 0.25) is 0 Å². The number of aliphatic carboxylic acids is 1. The average molecular weight is 254 g/mol. The summed E-state index contributed by atoms with van der Waals surface area (Å²) in [7, 11) is 1.43. The van der Waals surface area contributed by atoms with Crippen molar-refractivity contribution in [2.75, 3.05) is 19.0 Å². The molecule has 0 spiro atoms. The summed E-state index contributed by atoms with van der Waals surface area (Å²) in [4.78, 5) is 20.7. The first-order chi connectivity index (χ1) is 8.54. The monoisotopic (exact) mass is 254 g/mol. The van der Waals surface area contributed by atoms with E-state index in [0.717, 1.165) is 0 Å². The summed E-state index contributed by atoms with van der Waals surface area (Å²) in [6, 6.07) is 4.46. The summed E-state index contributed by atoms with van der Waals surface area (Å²) in [6.07, 6.45) is 0.426. The van der Waals surface area contributed by atoms with Crippen molar-refractivity contribution in [1.29, 1.82) is 0 Å². The minimum absolute atomic E-state index is 0.0248. The Kier molecular flexibility index (Phi) is 4.91. The van der Waals surface area contributed by atoms with Crippen molar-refractivity contribution in [2.24, 2.45) is 0 Å². The normalized spacial score (nSPS) is 9.83. The lowest BCUT2D eigenvalue weighted by Gasteiger charge is -2.07. The molecule has 18 heavy (non-hydrogen) atoms. The highest BCUT2D eigenvalue weighted by molar-refractivity contribution is 5.67. The highest BCUT2D eigenvalue weighted by atomic mass is 16.6. The van der Waals surface area contributed by atoms with Crippen LogP contribution >= 0.6 is 0 Å². The SMILES string of the molecule is COc1ccc(NCCCC(=O)O)c([N+](=O)[O-])c1. The van der Waals surface area contributed by atoms with Gasteiger partial charge in [0.15, 0.2) is 0 Å². The van der Waals surface area contributed by atoms with Crippen LogP contribution in [-0.2, 0) is 4.79 Å². The lowest BCUT2D eigenvalue weighted by Crippen LogP contribution is -2.06. The van der Waals surface area contributed by atoms with E-state index in [1.807, 2.05) is 0 Å². The zero-order chi connectivity index (χ0) is 13.5. The fourth-order valence-electron chi connectivity index (χ4n) is 1.40. The van der Waals surface area contributed by atoms with Crippen LogP contribution in [0.25, 0.3) is 0 Å². The summed E-state index contributed by atoms with van der Waals surface area (Å²) in [5.74, 6) is -0.487. The van der Waals surface area contributed by atoms with Crippen LogP contribution in [0.4, 0.5) is 11.4 Å². The third-order valence-electron chi connectivity index (χ3n) is 2.28. The topological polar surface area (TPSA) is 102 Å². The minimum Gasteiger partial charge on any atom is -0.496 e. The number of benzene rings is 1. The number of nitro benzene ring substituents is 1. The predicted molar refractivity (Wildman–Crippen MR) is 65.0 cm³/mol. The van der Waals surface area contributed by atoms with Gasteiger partial charge in [-0.3, -0.25) is 14.9 Å². The fraction of sp³-hybridized carbons (Fsp3) is 0.364. The Hall–Kier alpha value is -2.31. The maximum Gasteiger partial charge on any atom is 0.303 e. The molecule has 0 amide bonds. The molecule has 1 aromatic carbocycles. The molecule has 0 aliphatic heterocycles. The molecule has 0 saturated carbocycles. The van der Waals surface area contributed by atoms with Crippen LogP contribution in [-0.4, -0.2) is 29.7 Å². The summed E-state index contributed by atoms with van der Waals surface area (Å²) in [5.41, 5.74) is 0.260. The minimum atomic E-state index is -0.888. The summed E-state index contributed by atoms with van der Waals surface area (Å²) in [5, 5.41) is 22.2. The van der Waals surface area contributed by atoms with Gasteiger partial charge in [-0.15, -0.1) is 0 Å². The van der Waals surface area contributed by atoms with E-state index in [9.17, 15) is 14.9 Å². The molecule has 0 radical (unpaired) electrons. The Balaban J connectivity index is 2.69. The van der Waals surface area contributed by atoms with Crippen molar-refractivity contribution in [3.63, 3.8) is 0 Å². The van der Waals surface area contributed by atoms with Crippen LogP contribution in [0.3, 0.4) is 0 Å². The Morgan fingerprint density at radius 2 is 2.28 bits per heavy atom. The van der Waals surface area contributed by atoms with E-state index in [2.05, 4.69) is 5.32 Å². The standard InChI is InChI=1S/C11H14N2O5/c1-18-8-4-5-9(10(7-8)13(16)17)12-6-2-3-11(14)15/h4-5,7,12H,2-3,6H2,1H3,(H,14,15). The molecule has 0 bridgehead atoms. The number of nitro groups is 1. The number of nitrogens with zero attached hydrogens (tertiary/aromatic N) is 1. The van der Waals surface area contributed by atoms with Crippen LogP contribution in [0, 0.1) is 10.1 Å². The molecule has 0 aliphatic carbocycles. The molecule has 0 atom stereocenters. The van der Waals surface area contributed by atoms with E-state index in [1.165, 1.54) is 19.2 Å². The van der Waals surface area contributed by atoms with Crippen LogP contribution < -0.4 is 10.1 Å². The molecule has 0 fully saturated rings. The maximum atomic E-state index is 10.8. The van der Waals surface area contributed by atoms with Crippen molar-refractivity contribution >= 4 is 17.3 Å². The highest BCUT2D eigenvalue weighted by Gasteiger charge is 2.14. The Morgan fingerprint density at radius 3 is 2.83 bits per heavy atom. The number of nitrogens with one attached hydrogen (secondary N) is 1. The number of rotatable bonds is 7. The number of anilines is 1. The molecule has 0 heterocycles. The van der Waals surface area contributed by atoms with Crippen molar-refractivity contribution < 1.29 is 19.6 Å². The predicted octanol–water partition coefficient (Wildman–Crippen LogP) is 1.88. The molecule has 98 valence electrons. The molecule has 0 aliphatic rings. The number of methoxy groups -OCH3 is 1. The lowest BCUT2D eigenvalue weighted by atomic mass is 10.2. The summed E-state index contributed by atoms with van der Waals surface area (Å²) >= 11 is 0. The van der Waals surface area contributed by atoms with E-state index in [-0.39, 0.29) is 12.1 Å². The molecule has 7 nitrogen and oxygen atoms in total. The Morgan fingerprint density at radius 1 is 1.56 bits per heavy atom. The number of carboxylic acids is 1. The Bertz CT molecular complexity index is 447. The largest absolute Gasteiger partial charge is 0.496 e. The molecule has 1 rings (SSSR count). The van der Waals surface area contributed by atoms with E-state index in [4.69, 9.17) is 9.84 Å². The lowest BCUT2D eigenvalue weighted by molar-refractivity contribution is -0.384. The van der Waals surface area contributed by atoms with Gasteiger partial charge in [0.2, 0.25) is 0 Å². The number of carbonyl (C=O) groups is 1. The van der Waals surface area contributed by atoms with E-state index in [1.54, 1.807) is 6.07 Å². The second-order valence-corrected chi connectivity index (χ2v) is 3.56. The molecule has 0 saturated heterocycles. The number of carboxylic acid groups (broad SMARTS) is 1. The average Bonchev–Trinajstić information content (AvgIpc) is 2.34. The molecule has 0 aromatic heterocycles. The number of hydrogen-bond acceptors (Lipinski definition) is 5. The molecule has 7 heteroatoms. The van der Waals surface area contributed by atoms with Crippen molar-refractivity contribution in [1.82, 2.24) is 0 Å². The second-order valence-electron chi connectivity index (χ2n) is 3.56. The smallest absolute Gasteiger partial charge is 0.303 e. The van der Waals surface area contributed by atoms with Crippen LogP contribution in [0.5, 0.6) is 5.75 Å². The maximum absolute atomic E-state index is 10.8. The second kappa shape index (κ2) is 6.43. The van der Waals surface area contributed by atoms with Gasteiger partial charge in [-0.2, -0.15) is 0 Å². The van der Waals surface area contributed by atoms with Gasteiger partial charge >= 0.3 is 5.97 Å². The molecule has 2 N–H and O–H groups in total. The third-order valence-corrected chi connectivity index (χ3v) is 2.28. The zero-order valence-electron chi connectivity index (χ0n) is 9.88. The van der Waals surface area contributed by atoms with E-state index >= 15 is 0 Å². The van der Waals surface area contributed by atoms with Gasteiger partial charge in [-0.05, 0) is 18.6 Å². The van der Waals surface area contributed by atoms with Gasteiger partial charge in [-0.25, -0.2) is 0 Å². The first-order valence-corrected chi connectivity index (χ1v) is 5.32. The summed E-state index contributed by atoms with van der Waals surface area (Å²) < 4.78 is 4.91. The highest BCUT2D eigenvalue weighted by Crippen LogP contribution is 2.28. The first kappa shape index (κ1) is 13.8. The fourth-order valence-corrected chi connectivity index (χ4v) is 1.40. The summed E-state index contributed by atoms with van der Waals surface area (Å²) in [6.45, 7) is 0.361. The van der Waals surface area contributed by atoms with Gasteiger partial charge in [0.1, 0.15) is 11.4 Å². The van der Waals surface area contributed by atoms with Crippen LogP contribution in [0.15, 0.2) is 18.2 Å². The van der Waals surface area contributed by atoms with Gasteiger partial charge in [0.25, 0.3) is 5.69 Å².